The molecule has 21 heavy (non-hydrogen) atoms. The summed E-state index contributed by atoms with van der Waals surface area (Å²) in [5.74, 6) is 0. The molecular weight excluding hydrogens is 262 g/mol. The highest BCUT2D eigenvalue weighted by atomic mass is 16.2. The van der Waals surface area contributed by atoms with Crippen LogP contribution >= 0.6 is 0 Å². The summed E-state index contributed by atoms with van der Waals surface area (Å²) in [6, 6.07) is 10.6. The fourth-order valence-corrected chi connectivity index (χ4v) is 2.57. The molecule has 1 heterocycles. The summed E-state index contributed by atoms with van der Waals surface area (Å²) in [6.07, 6.45) is 1.03. The van der Waals surface area contributed by atoms with Gasteiger partial charge in [0.15, 0.2) is 0 Å². The average molecular weight is 289 g/mol. The number of carbonyl (C=O) groups excluding carboxylic acids is 1. The number of nitrogens with one attached hydrogen (secondary N) is 1. The molecule has 4 nitrogen and oxygen atoms in total. The molecule has 1 N–H and O–H groups in total. The minimum atomic E-state index is -0.173. The van der Waals surface area contributed by atoms with Crippen LogP contribution in [0.15, 0.2) is 30.3 Å². The Labute approximate surface area is 128 Å². The van der Waals surface area contributed by atoms with Crippen LogP contribution in [-0.2, 0) is 6.54 Å². The van der Waals surface area contributed by atoms with Gasteiger partial charge in [-0.1, -0.05) is 30.3 Å². The second-order valence-corrected chi connectivity index (χ2v) is 6.78. The molecule has 1 saturated heterocycles. The molecule has 0 bridgehead atoms. The monoisotopic (exact) mass is 289 g/mol. The third-order valence-corrected chi connectivity index (χ3v) is 3.61. The Morgan fingerprint density at radius 1 is 1.10 bits per heavy atom. The number of carbonyl (C=O) groups is 1. The van der Waals surface area contributed by atoms with E-state index in [-0.39, 0.29) is 11.6 Å². The maximum absolute atomic E-state index is 12.2. The van der Waals surface area contributed by atoms with Crippen LogP contribution < -0.4 is 5.32 Å². The van der Waals surface area contributed by atoms with Crippen molar-refractivity contribution in [3.05, 3.63) is 35.9 Å². The number of benzene rings is 1. The van der Waals surface area contributed by atoms with Crippen LogP contribution in [0, 0.1) is 0 Å². The molecule has 2 rings (SSSR count). The van der Waals surface area contributed by atoms with Gasteiger partial charge in [-0.2, -0.15) is 0 Å². The van der Waals surface area contributed by atoms with Crippen LogP contribution in [0.2, 0.25) is 0 Å². The summed E-state index contributed by atoms with van der Waals surface area (Å²) in [4.78, 5) is 16.6. The van der Waals surface area contributed by atoms with Crippen molar-refractivity contribution in [1.29, 1.82) is 0 Å². The minimum absolute atomic E-state index is 0.0593. The molecule has 116 valence electrons. The summed E-state index contributed by atoms with van der Waals surface area (Å²) in [7, 11) is 0. The molecule has 0 spiro atoms. The van der Waals surface area contributed by atoms with E-state index in [1.165, 1.54) is 5.56 Å². The summed E-state index contributed by atoms with van der Waals surface area (Å²) < 4.78 is 0. The van der Waals surface area contributed by atoms with Gasteiger partial charge in [0.25, 0.3) is 0 Å². The molecule has 0 aliphatic carbocycles. The van der Waals surface area contributed by atoms with Crippen LogP contribution in [0.1, 0.15) is 32.8 Å². The second-order valence-electron chi connectivity index (χ2n) is 6.78. The lowest BCUT2D eigenvalue weighted by Gasteiger charge is -2.27. The van der Waals surface area contributed by atoms with Crippen molar-refractivity contribution in [3.8, 4) is 0 Å². The van der Waals surface area contributed by atoms with Crippen LogP contribution in [0.25, 0.3) is 0 Å². The maximum Gasteiger partial charge on any atom is 0.317 e. The van der Waals surface area contributed by atoms with E-state index in [0.717, 1.165) is 39.1 Å². The van der Waals surface area contributed by atoms with Gasteiger partial charge >= 0.3 is 6.03 Å². The lowest BCUT2D eigenvalue weighted by molar-refractivity contribution is 0.188. The SMILES string of the molecule is CC(C)(C)NC(=O)N1CCCN(Cc2ccccc2)CC1. The van der Waals surface area contributed by atoms with E-state index in [9.17, 15) is 4.79 Å². The van der Waals surface area contributed by atoms with Crippen molar-refractivity contribution in [2.75, 3.05) is 26.2 Å². The first-order valence-electron chi connectivity index (χ1n) is 7.77. The van der Waals surface area contributed by atoms with Gasteiger partial charge in [0.1, 0.15) is 0 Å². The fourth-order valence-electron chi connectivity index (χ4n) is 2.57. The third-order valence-electron chi connectivity index (χ3n) is 3.61. The van der Waals surface area contributed by atoms with E-state index >= 15 is 0 Å². The van der Waals surface area contributed by atoms with Crippen molar-refractivity contribution < 1.29 is 4.79 Å². The third kappa shape index (κ3) is 5.38. The van der Waals surface area contributed by atoms with Crippen molar-refractivity contribution in [2.24, 2.45) is 0 Å². The van der Waals surface area contributed by atoms with Crippen molar-refractivity contribution in [3.63, 3.8) is 0 Å². The van der Waals surface area contributed by atoms with Crippen LogP contribution in [-0.4, -0.2) is 47.5 Å². The summed E-state index contributed by atoms with van der Waals surface area (Å²) in [5.41, 5.74) is 1.16. The van der Waals surface area contributed by atoms with Gasteiger partial charge < -0.3 is 10.2 Å². The summed E-state index contributed by atoms with van der Waals surface area (Å²) in [6.45, 7) is 10.7. The number of nitrogens with zero attached hydrogens (tertiary/aromatic N) is 2. The van der Waals surface area contributed by atoms with Gasteiger partial charge in [0, 0.05) is 38.3 Å². The van der Waals surface area contributed by atoms with Gasteiger partial charge in [-0.15, -0.1) is 0 Å². The molecule has 1 aliphatic heterocycles. The first kappa shape index (κ1) is 15.8. The summed E-state index contributed by atoms with van der Waals surface area (Å²) in [5, 5.41) is 3.05. The molecule has 1 aromatic carbocycles. The van der Waals surface area contributed by atoms with E-state index in [1.54, 1.807) is 0 Å². The Kier molecular flexibility index (Phi) is 5.23. The lowest BCUT2D eigenvalue weighted by atomic mass is 10.1. The van der Waals surface area contributed by atoms with E-state index < -0.39 is 0 Å². The Bertz CT molecular complexity index is 453. The highest BCUT2D eigenvalue weighted by molar-refractivity contribution is 5.74. The number of urea groups is 1. The number of hydrogen-bond donors (Lipinski definition) is 1. The predicted octanol–water partition coefficient (Wildman–Crippen LogP) is 2.70. The van der Waals surface area contributed by atoms with Gasteiger partial charge in [0.2, 0.25) is 0 Å². The van der Waals surface area contributed by atoms with Gasteiger partial charge in [-0.25, -0.2) is 4.79 Å². The molecule has 0 radical (unpaired) electrons. The highest BCUT2D eigenvalue weighted by Gasteiger charge is 2.22. The molecule has 0 saturated carbocycles. The van der Waals surface area contributed by atoms with Crippen LogP contribution in [0.4, 0.5) is 4.79 Å². The molecule has 0 unspecified atom stereocenters. The number of rotatable bonds is 2. The summed E-state index contributed by atoms with van der Waals surface area (Å²) >= 11 is 0. The first-order valence-corrected chi connectivity index (χ1v) is 7.77. The van der Waals surface area contributed by atoms with Crippen molar-refractivity contribution in [2.45, 2.75) is 39.3 Å². The molecule has 2 amide bonds. The molecular formula is C17H27N3O. The van der Waals surface area contributed by atoms with Gasteiger partial charge in [0.05, 0.1) is 0 Å². The first-order chi connectivity index (χ1) is 9.94. The standard InChI is InChI=1S/C17H27N3O/c1-17(2,3)18-16(21)20-11-7-10-19(12-13-20)14-15-8-5-4-6-9-15/h4-6,8-9H,7,10-14H2,1-3H3,(H,18,21). The van der Waals surface area contributed by atoms with E-state index in [2.05, 4.69) is 34.5 Å². The zero-order valence-electron chi connectivity index (χ0n) is 13.4. The van der Waals surface area contributed by atoms with E-state index in [1.807, 2.05) is 31.7 Å². The lowest BCUT2D eigenvalue weighted by Crippen LogP contribution is -2.49. The van der Waals surface area contributed by atoms with Crippen LogP contribution in [0.5, 0.6) is 0 Å². The topological polar surface area (TPSA) is 35.6 Å². The molecule has 0 atom stereocenters. The predicted molar refractivity (Wildman–Crippen MR) is 86.2 cm³/mol. The second kappa shape index (κ2) is 6.94. The molecule has 1 fully saturated rings. The van der Waals surface area contributed by atoms with Crippen LogP contribution in [0.3, 0.4) is 0 Å². The molecule has 1 aromatic rings. The van der Waals surface area contributed by atoms with Crippen molar-refractivity contribution in [1.82, 2.24) is 15.1 Å². The largest absolute Gasteiger partial charge is 0.333 e. The number of hydrogen-bond acceptors (Lipinski definition) is 2. The number of amides is 2. The Balaban J connectivity index is 1.86. The Morgan fingerprint density at radius 3 is 2.48 bits per heavy atom. The van der Waals surface area contributed by atoms with Crippen molar-refractivity contribution >= 4 is 6.03 Å². The van der Waals surface area contributed by atoms with Gasteiger partial charge in [-0.3, -0.25) is 4.90 Å². The smallest absolute Gasteiger partial charge is 0.317 e. The molecule has 0 aromatic heterocycles. The van der Waals surface area contributed by atoms with Gasteiger partial charge in [-0.05, 0) is 32.8 Å². The highest BCUT2D eigenvalue weighted by Crippen LogP contribution is 2.10. The van der Waals surface area contributed by atoms with E-state index in [0.29, 0.717) is 0 Å². The zero-order chi connectivity index (χ0) is 15.3. The Hall–Kier alpha value is -1.55. The minimum Gasteiger partial charge on any atom is -0.333 e. The maximum atomic E-state index is 12.2. The molecule has 1 aliphatic rings. The Morgan fingerprint density at radius 2 is 1.81 bits per heavy atom. The normalized spacial score (nSPS) is 17.4. The fraction of sp³-hybridized carbons (Fsp3) is 0.588. The average Bonchev–Trinajstić information content (AvgIpc) is 2.64. The van der Waals surface area contributed by atoms with E-state index in [4.69, 9.17) is 0 Å². The quantitative estimate of drug-likeness (QED) is 0.908. The molecule has 4 heteroatoms. The zero-order valence-corrected chi connectivity index (χ0v) is 13.4.